The number of hydrogen-bond donors (Lipinski definition) is 0. The minimum atomic E-state index is -0.362. The van der Waals surface area contributed by atoms with Gasteiger partial charge in [-0.2, -0.15) is 0 Å². The quantitative estimate of drug-likeness (QED) is 0.577. The number of aliphatic imine (C=N–C) groups is 1. The fourth-order valence-corrected chi connectivity index (χ4v) is 1.26. The zero-order valence-corrected chi connectivity index (χ0v) is 9.73. The van der Waals surface area contributed by atoms with Crippen molar-refractivity contribution < 1.29 is 9.59 Å². The Morgan fingerprint density at radius 1 is 1.19 bits per heavy atom. The van der Waals surface area contributed by atoms with Gasteiger partial charge in [0.05, 0.1) is 5.56 Å². The molecule has 0 aromatic heterocycles. The number of carbonyl (C=O) groups excluding carboxylic acids is 2. The molecule has 16 heavy (non-hydrogen) atoms. The fourth-order valence-electron chi connectivity index (χ4n) is 1.26. The standard InChI is InChI=1S/C13H15NO2/c1-9(2)8-14-13(16)12-7-5-4-6-11(12)10(3)15/h4-9H,1-3H3. The second-order valence-electron chi connectivity index (χ2n) is 3.93. The summed E-state index contributed by atoms with van der Waals surface area (Å²) in [4.78, 5) is 26.8. The SMILES string of the molecule is CC(=O)c1ccccc1C(=O)N=CC(C)C. The van der Waals surface area contributed by atoms with Gasteiger partial charge < -0.3 is 0 Å². The monoisotopic (exact) mass is 217 g/mol. The summed E-state index contributed by atoms with van der Waals surface area (Å²) in [5, 5.41) is 0. The van der Waals surface area contributed by atoms with Gasteiger partial charge >= 0.3 is 0 Å². The molecule has 0 bridgehead atoms. The summed E-state index contributed by atoms with van der Waals surface area (Å²) in [5.74, 6) is -0.267. The van der Waals surface area contributed by atoms with E-state index in [-0.39, 0.29) is 17.6 Å². The van der Waals surface area contributed by atoms with Crippen LogP contribution in [0, 0.1) is 5.92 Å². The number of carbonyl (C=O) groups is 2. The van der Waals surface area contributed by atoms with Crippen LogP contribution in [0.15, 0.2) is 29.3 Å². The molecule has 3 heteroatoms. The average molecular weight is 217 g/mol. The Bertz CT molecular complexity index is 433. The molecule has 3 nitrogen and oxygen atoms in total. The van der Waals surface area contributed by atoms with Gasteiger partial charge in [-0.25, -0.2) is 4.99 Å². The molecule has 0 fully saturated rings. The average Bonchev–Trinajstić information content (AvgIpc) is 2.25. The molecule has 0 heterocycles. The lowest BCUT2D eigenvalue weighted by Crippen LogP contribution is -2.05. The predicted octanol–water partition coefficient (Wildman–Crippen LogP) is 2.76. The summed E-state index contributed by atoms with van der Waals surface area (Å²) in [6, 6.07) is 6.72. The Balaban J connectivity index is 3.04. The van der Waals surface area contributed by atoms with E-state index >= 15 is 0 Å². The molecule has 0 unspecified atom stereocenters. The van der Waals surface area contributed by atoms with Crippen molar-refractivity contribution in [3.8, 4) is 0 Å². The van der Waals surface area contributed by atoms with Crippen LogP contribution in [0.3, 0.4) is 0 Å². The minimum absolute atomic E-state index is 0.122. The van der Waals surface area contributed by atoms with Crippen LogP contribution in [0.25, 0.3) is 0 Å². The molecule has 84 valence electrons. The molecule has 1 aromatic rings. The number of rotatable bonds is 3. The van der Waals surface area contributed by atoms with E-state index in [4.69, 9.17) is 0 Å². The first-order valence-corrected chi connectivity index (χ1v) is 5.21. The molecule has 0 saturated carbocycles. The Morgan fingerprint density at radius 3 is 2.25 bits per heavy atom. The number of Topliss-reactive ketones (excluding diaryl/α,β-unsaturated/α-hetero) is 1. The summed E-state index contributed by atoms with van der Waals surface area (Å²) in [7, 11) is 0. The van der Waals surface area contributed by atoms with E-state index in [2.05, 4.69) is 4.99 Å². The van der Waals surface area contributed by atoms with Crippen LogP contribution < -0.4 is 0 Å². The lowest BCUT2D eigenvalue weighted by atomic mass is 10.0. The van der Waals surface area contributed by atoms with Gasteiger partial charge in [-0.3, -0.25) is 9.59 Å². The molecule has 1 rings (SSSR count). The summed E-state index contributed by atoms with van der Waals surface area (Å²) < 4.78 is 0. The molecule has 0 aliphatic carbocycles. The molecule has 0 N–H and O–H groups in total. The Labute approximate surface area is 95.2 Å². The largest absolute Gasteiger partial charge is 0.294 e. The van der Waals surface area contributed by atoms with Gasteiger partial charge in [0.25, 0.3) is 5.91 Å². The number of amides is 1. The molecular formula is C13H15NO2. The Morgan fingerprint density at radius 2 is 1.75 bits per heavy atom. The van der Waals surface area contributed by atoms with Crippen molar-refractivity contribution in [1.29, 1.82) is 0 Å². The van der Waals surface area contributed by atoms with Gasteiger partial charge in [-0.05, 0) is 18.9 Å². The number of hydrogen-bond acceptors (Lipinski definition) is 2. The second-order valence-corrected chi connectivity index (χ2v) is 3.93. The molecule has 0 aliphatic heterocycles. The highest BCUT2D eigenvalue weighted by molar-refractivity contribution is 6.09. The van der Waals surface area contributed by atoms with E-state index in [0.717, 1.165) is 0 Å². The van der Waals surface area contributed by atoms with Crippen molar-refractivity contribution in [2.75, 3.05) is 0 Å². The normalized spacial score (nSPS) is 11.0. The maximum absolute atomic E-state index is 11.7. The predicted molar refractivity (Wildman–Crippen MR) is 64.1 cm³/mol. The van der Waals surface area contributed by atoms with E-state index in [1.54, 1.807) is 30.5 Å². The lowest BCUT2D eigenvalue weighted by Gasteiger charge is -2.02. The van der Waals surface area contributed by atoms with Gasteiger partial charge in [-0.1, -0.05) is 32.0 Å². The van der Waals surface area contributed by atoms with Gasteiger partial charge in [0.15, 0.2) is 5.78 Å². The van der Waals surface area contributed by atoms with E-state index in [9.17, 15) is 9.59 Å². The topological polar surface area (TPSA) is 46.5 Å². The van der Waals surface area contributed by atoms with Crippen LogP contribution in [0.4, 0.5) is 0 Å². The molecular weight excluding hydrogens is 202 g/mol. The van der Waals surface area contributed by atoms with E-state index in [1.165, 1.54) is 6.92 Å². The Kier molecular flexibility index (Phi) is 4.11. The number of benzene rings is 1. The molecule has 0 radical (unpaired) electrons. The third kappa shape index (κ3) is 3.12. The maximum atomic E-state index is 11.7. The van der Waals surface area contributed by atoms with Crippen LogP contribution in [0.2, 0.25) is 0 Å². The van der Waals surface area contributed by atoms with E-state index in [1.807, 2.05) is 13.8 Å². The van der Waals surface area contributed by atoms with Gasteiger partial charge in [-0.15, -0.1) is 0 Å². The maximum Gasteiger partial charge on any atom is 0.277 e. The van der Waals surface area contributed by atoms with Crippen molar-refractivity contribution in [2.45, 2.75) is 20.8 Å². The third-order valence-corrected chi connectivity index (χ3v) is 2.03. The molecule has 1 aromatic carbocycles. The van der Waals surface area contributed by atoms with Crippen molar-refractivity contribution in [3.63, 3.8) is 0 Å². The Hall–Kier alpha value is -1.77. The highest BCUT2D eigenvalue weighted by atomic mass is 16.1. The van der Waals surface area contributed by atoms with Gasteiger partial charge in [0.2, 0.25) is 0 Å². The highest BCUT2D eigenvalue weighted by Gasteiger charge is 2.12. The van der Waals surface area contributed by atoms with E-state index < -0.39 is 0 Å². The minimum Gasteiger partial charge on any atom is -0.294 e. The first kappa shape index (κ1) is 12.3. The number of nitrogens with zero attached hydrogens (tertiary/aromatic N) is 1. The first-order valence-electron chi connectivity index (χ1n) is 5.21. The second kappa shape index (κ2) is 5.35. The molecule has 0 aliphatic rings. The van der Waals surface area contributed by atoms with Gasteiger partial charge in [0, 0.05) is 11.8 Å². The first-order chi connectivity index (χ1) is 7.52. The fraction of sp³-hybridized carbons (Fsp3) is 0.308. The van der Waals surface area contributed by atoms with E-state index in [0.29, 0.717) is 11.1 Å². The van der Waals surface area contributed by atoms with Crippen LogP contribution in [-0.4, -0.2) is 17.9 Å². The molecule has 0 atom stereocenters. The van der Waals surface area contributed by atoms with Crippen LogP contribution >= 0.6 is 0 Å². The van der Waals surface area contributed by atoms with Crippen molar-refractivity contribution >= 4 is 17.9 Å². The van der Waals surface area contributed by atoms with Crippen molar-refractivity contribution in [3.05, 3.63) is 35.4 Å². The zero-order chi connectivity index (χ0) is 12.1. The molecule has 1 amide bonds. The molecule has 0 saturated heterocycles. The summed E-state index contributed by atoms with van der Waals surface area (Å²) in [6.45, 7) is 5.32. The summed E-state index contributed by atoms with van der Waals surface area (Å²) >= 11 is 0. The van der Waals surface area contributed by atoms with Crippen molar-refractivity contribution in [1.82, 2.24) is 0 Å². The van der Waals surface area contributed by atoms with Gasteiger partial charge in [0.1, 0.15) is 0 Å². The summed E-state index contributed by atoms with van der Waals surface area (Å²) in [6.07, 6.45) is 1.58. The van der Waals surface area contributed by atoms with Crippen LogP contribution in [0.5, 0.6) is 0 Å². The lowest BCUT2D eigenvalue weighted by molar-refractivity contribution is 0.0975. The zero-order valence-electron chi connectivity index (χ0n) is 9.73. The summed E-state index contributed by atoms with van der Waals surface area (Å²) in [5.41, 5.74) is 0.792. The van der Waals surface area contributed by atoms with Crippen molar-refractivity contribution in [2.24, 2.45) is 10.9 Å². The van der Waals surface area contributed by atoms with Crippen LogP contribution in [-0.2, 0) is 0 Å². The highest BCUT2D eigenvalue weighted by Crippen LogP contribution is 2.10. The smallest absolute Gasteiger partial charge is 0.277 e. The molecule has 0 spiro atoms. The third-order valence-electron chi connectivity index (χ3n) is 2.03. The number of ketones is 1. The van der Waals surface area contributed by atoms with Crippen LogP contribution in [0.1, 0.15) is 41.5 Å².